The Balaban J connectivity index is 1.65. The summed E-state index contributed by atoms with van der Waals surface area (Å²) >= 11 is 1.44. The van der Waals surface area contributed by atoms with Gasteiger partial charge in [0.05, 0.1) is 19.9 Å². The Morgan fingerprint density at radius 1 is 1.10 bits per heavy atom. The predicted molar refractivity (Wildman–Crippen MR) is 111 cm³/mol. The number of ether oxygens (including phenoxy) is 2. The second-order valence-corrected chi connectivity index (χ2v) is 7.13. The minimum Gasteiger partial charge on any atom is -0.497 e. The Labute approximate surface area is 171 Å². The van der Waals surface area contributed by atoms with Crippen LogP contribution in [0.15, 0.2) is 42.5 Å². The molecule has 9 heteroatoms. The minimum absolute atomic E-state index is 0.241. The average molecular weight is 409 g/mol. The van der Waals surface area contributed by atoms with Crippen molar-refractivity contribution in [3.8, 4) is 22.1 Å². The van der Waals surface area contributed by atoms with Gasteiger partial charge in [0.1, 0.15) is 16.5 Å². The number of hydrogen-bond donors (Lipinski definition) is 1. The number of nitrogens with zero attached hydrogens (tertiary/aromatic N) is 4. The number of hydrogen-bond acceptors (Lipinski definition) is 7. The van der Waals surface area contributed by atoms with Gasteiger partial charge in [0.2, 0.25) is 4.96 Å². The fourth-order valence-corrected chi connectivity index (χ4v) is 3.72. The van der Waals surface area contributed by atoms with E-state index < -0.39 is 0 Å². The van der Waals surface area contributed by atoms with Crippen molar-refractivity contribution in [3.05, 3.63) is 53.9 Å². The topological polar surface area (TPSA) is 90.6 Å². The van der Waals surface area contributed by atoms with Crippen molar-refractivity contribution >= 4 is 27.9 Å². The number of carbonyl (C=O) groups excluding carboxylic acids is 1. The highest BCUT2D eigenvalue weighted by atomic mass is 32.1. The summed E-state index contributed by atoms with van der Waals surface area (Å²) in [6.07, 6.45) is 0.746. The van der Waals surface area contributed by atoms with Gasteiger partial charge < -0.3 is 14.8 Å². The van der Waals surface area contributed by atoms with Gasteiger partial charge in [-0.2, -0.15) is 9.61 Å². The van der Waals surface area contributed by atoms with Gasteiger partial charge in [-0.1, -0.05) is 18.3 Å². The maximum atomic E-state index is 12.7. The van der Waals surface area contributed by atoms with Gasteiger partial charge >= 0.3 is 0 Å². The van der Waals surface area contributed by atoms with E-state index in [9.17, 15) is 4.79 Å². The molecule has 0 aliphatic carbocycles. The molecule has 1 N–H and O–H groups in total. The van der Waals surface area contributed by atoms with Crippen LogP contribution in [0.4, 0.5) is 5.69 Å². The molecule has 4 aromatic rings. The van der Waals surface area contributed by atoms with Gasteiger partial charge in [0, 0.05) is 17.5 Å². The Morgan fingerprint density at radius 3 is 2.59 bits per heavy atom. The quantitative estimate of drug-likeness (QED) is 0.522. The Morgan fingerprint density at radius 2 is 1.90 bits per heavy atom. The molecule has 0 aliphatic rings. The fourth-order valence-electron chi connectivity index (χ4n) is 2.87. The standard InChI is InChI=1S/C20H19N5O3S/c1-4-17-22-23-20-25(17)24-19(29-20)13-7-10-16(28-3)15(11-13)21-18(26)12-5-8-14(27-2)9-6-12/h5-11H,4H2,1-3H3,(H,21,26). The summed E-state index contributed by atoms with van der Waals surface area (Å²) in [5.74, 6) is 1.82. The molecule has 0 aliphatic heterocycles. The molecule has 0 atom stereocenters. The molecule has 148 valence electrons. The van der Waals surface area contributed by atoms with E-state index in [1.54, 1.807) is 43.0 Å². The van der Waals surface area contributed by atoms with Crippen molar-refractivity contribution in [1.29, 1.82) is 0 Å². The molecule has 0 saturated heterocycles. The average Bonchev–Trinajstić information content (AvgIpc) is 3.34. The molecule has 2 aromatic carbocycles. The van der Waals surface area contributed by atoms with Crippen molar-refractivity contribution in [3.63, 3.8) is 0 Å². The van der Waals surface area contributed by atoms with E-state index in [2.05, 4.69) is 20.6 Å². The van der Waals surface area contributed by atoms with Crippen molar-refractivity contribution in [2.24, 2.45) is 0 Å². The van der Waals surface area contributed by atoms with E-state index in [0.717, 1.165) is 27.8 Å². The summed E-state index contributed by atoms with van der Waals surface area (Å²) in [5.41, 5.74) is 1.94. The van der Waals surface area contributed by atoms with Crippen molar-refractivity contribution in [2.45, 2.75) is 13.3 Å². The molecular formula is C20H19N5O3S. The first-order chi connectivity index (χ1) is 14.1. The van der Waals surface area contributed by atoms with Crippen LogP contribution in [0.25, 0.3) is 15.5 Å². The van der Waals surface area contributed by atoms with Crippen LogP contribution < -0.4 is 14.8 Å². The molecule has 0 saturated carbocycles. The maximum absolute atomic E-state index is 12.7. The van der Waals surface area contributed by atoms with Gasteiger partial charge in [0.15, 0.2) is 5.82 Å². The molecule has 1 amide bonds. The summed E-state index contributed by atoms with van der Waals surface area (Å²) in [4.78, 5) is 13.4. The lowest BCUT2D eigenvalue weighted by atomic mass is 10.1. The van der Waals surface area contributed by atoms with Crippen LogP contribution in [0.2, 0.25) is 0 Å². The normalized spacial score (nSPS) is 10.9. The number of aryl methyl sites for hydroxylation is 1. The Kier molecular flexibility index (Phi) is 5.13. The summed E-state index contributed by atoms with van der Waals surface area (Å²) in [6.45, 7) is 2.01. The van der Waals surface area contributed by atoms with Crippen molar-refractivity contribution in [2.75, 3.05) is 19.5 Å². The Hall–Kier alpha value is -3.46. The molecule has 0 bridgehead atoms. The molecule has 0 unspecified atom stereocenters. The van der Waals surface area contributed by atoms with E-state index in [0.29, 0.717) is 22.7 Å². The van der Waals surface area contributed by atoms with Crippen molar-refractivity contribution < 1.29 is 14.3 Å². The zero-order valence-electron chi connectivity index (χ0n) is 16.2. The molecule has 2 aromatic heterocycles. The van der Waals surface area contributed by atoms with Gasteiger partial charge in [-0.15, -0.1) is 10.2 Å². The second-order valence-electron chi connectivity index (χ2n) is 6.17. The lowest BCUT2D eigenvalue weighted by Crippen LogP contribution is -2.12. The predicted octanol–water partition coefficient (Wildman–Crippen LogP) is 3.68. The first kappa shape index (κ1) is 18.9. The fraction of sp³-hybridized carbons (Fsp3) is 0.200. The van der Waals surface area contributed by atoms with Gasteiger partial charge in [-0.3, -0.25) is 4.79 Å². The van der Waals surface area contributed by atoms with E-state index in [-0.39, 0.29) is 5.91 Å². The van der Waals surface area contributed by atoms with Crippen LogP contribution in [-0.4, -0.2) is 39.9 Å². The number of carbonyl (C=O) groups is 1. The lowest BCUT2D eigenvalue weighted by molar-refractivity contribution is 0.102. The first-order valence-corrected chi connectivity index (χ1v) is 9.79. The highest BCUT2D eigenvalue weighted by Crippen LogP contribution is 2.33. The third-order valence-electron chi connectivity index (χ3n) is 4.42. The summed E-state index contributed by atoms with van der Waals surface area (Å²) in [5, 5.41) is 16.6. The van der Waals surface area contributed by atoms with E-state index in [1.165, 1.54) is 11.3 Å². The molecule has 8 nitrogen and oxygen atoms in total. The van der Waals surface area contributed by atoms with Gasteiger partial charge in [0.25, 0.3) is 5.91 Å². The largest absolute Gasteiger partial charge is 0.497 e. The summed E-state index contributed by atoms with van der Waals surface area (Å²) < 4.78 is 12.3. The zero-order valence-corrected chi connectivity index (χ0v) is 17.0. The third kappa shape index (κ3) is 3.64. The number of methoxy groups -OCH3 is 2. The highest BCUT2D eigenvalue weighted by molar-refractivity contribution is 7.19. The summed E-state index contributed by atoms with van der Waals surface area (Å²) in [6, 6.07) is 12.5. The molecule has 0 radical (unpaired) electrons. The van der Waals surface area contributed by atoms with Crippen LogP contribution in [0.3, 0.4) is 0 Å². The summed E-state index contributed by atoms with van der Waals surface area (Å²) in [7, 11) is 3.15. The van der Waals surface area contributed by atoms with Gasteiger partial charge in [-0.25, -0.2) is 0 Å². The van der Waals surface area contributed by atoms with Crippen LogP contribution in [0.5, 0.6) is 11.5 Å². The van der Waals surface area contributed by atoms with Crippen LogP contribution in [-0.2, 0) is 6.42 Å². The maximum Gasteiger partial charge on any atom is 0.255 e. The van der Waals surface area contributed by atoms with Crippen LogP contribution in [0.1, 0.15) is 23.1 Å². The monoisotopic (exact) mass is 409 g/mol. The number of aromatic nitrogens is 4. The van der Waals surface area contributed by atoms with E-state index in [1.807, 2.05) is 25.1 Å². The molecule has 4 rings (SSSR count). The smallest absolute Gasteiger partial charge is 0.255 e. The molecule has 0 fully saturated rings. The Bertz CT molecular complexity index is 1170. The number of nitrogens with one attached hydrogen (secondary N) is 1. The van der Waals surface area contributed by atoms with Crippen LogP contribution >= 0.6 is 11.3 Å². The molecule has 0 spiro atoms. The minimum atomic E-state index is -0.241. The molecule has 29 heavy (non-hydrogen) atoms. The van der Waals surface area contributed by atoms with Gasteiger partial charge in [-0.05, 0) is 42.5 Å². The van der Waals surface area contributed by atoms with E-state index in [4.69, 9.17) is 9.47 Å². The highest BCUT2D eigenvalue weighted by Gasteiger charge is 2.15. The number of anilines is 1. The third-order valence-corrected chi connectivity index (χ3v) is 5.37. The van der Waals surface area contributed by atoms with Crippen LogP contribution in [0, 0.1) is 0 Å². The van der Waals surface area contributed by atoms with Crippen molar-refractivity contribution in [1.82, 2.24) is 19.8 Å². The number of fused-ring (bicyclic) bond motifs is 1. The van der Waals surface area contributed by atoms with E-state index >= 15 is 0 Å². The molecule has 2 heterocycles. The lowest BCUT2D eigenvalue weighted by Gasteiger charge is -2.11. The zero-order chi connectivity index (χ0) is 20.4. The number of benzene rings is 2. The first-order valence-electron chi connectivity index (χ1n) is 8.98. The molecular weight excluding hydrogens is 390 g/mol. The number of rotatable bonds is 6. The second kappa shape index (κ2) is 7.88. The SMILES string of the molecule is CCc1nnc2sc(-c3ccc(OC)c(NC(=O)c4ccc(OC)cc4)c3)nn12. The number of amides is 1.